The van der Waals surface area contributed by atoms with Crippen molar-refractivity contribution in [1.82, 2.24) is 9.13 Å². The van der Waals surface area contributed by atoms with E-state index in [1.165, 1.54) is 0 Å². The molecule has 1 aromatic heterocycles. The molecule has 2 rings (SSSR count). The van der Waals surface area contributed by atoms with Gasteiger partial charge in [0.2, 0.25) is 0 Å². The normalized spacial score (nSPS) is 10.4. The fourth-order valence-corrected chi connectivity index (χ4v) is 2.11. The average molecular weight is 255 g/mol. The number of aryl methyl sites for hydroxylation is 2. The lowest BCUT2D eigenvalue weighted by Gasteiger charge is -2.06. The number of nitrogens with zero attached hydrogens (tertiary/aromatic N) is 3. The Morgan fingerprint density at radius 1 is 1.26 bits per heavy atom. The fraction of sp³-hybridized carbons (Fsp3) is 0.333. The number of benzene rings is 1. The molecule has 0 radical (unpaired) electrons. The van der Waals surface area contributed by atoms with E-state index in [1.54, 1.807) is 15.2 Å². The van der Waals surface area contributed by atoms with Gasteiger partial charge in [-0.3, -0.25) is 9.13 Å². The molecule has 0 amide bonds. The van der Waals surface area contributed by atoms with E-state index in [-0.39, 0.29) is 5.69 Å². The summed E-state index contributed by atoms with van der Waals surface area (Å²) in [4.78, 5) is 12.1. The monoisotopic (exact) mass is 255 g/mol. The molecule has 0 aliphatic heterocycles. The van der Waals surface area contributed by atoms with Crippen LogP contribution in [0.15, 0.2) is 35.4 Å². The van der Waals surface area contributed by atoms with Crippen LogP contribution in [0.1, 0.15) is 30.0 Å². The Morgan fingerprint density at radius 2 is 2.00 bits per heavy atom. The molecule has 98 valence electrons. The van der Waals surface area contributed by atoms with Crippen LogP contribution >= 0.6 is 0 Å². The van der Waals surface area contributed by atoms with Gasteiger partial charge < -0.3 is 0 Å². The molecule has 0 saturated carbocycles. The molecule has 0 unspecified atom stereocenters. The highest BCUT2D eigenvalue weighted by Crippen LogP contribution is 2.11. The highest BCUT2D eigenvalue weighted by Gasteiger charge is 2.05. The average Bonchev–Trinajstić information content (AvgIpc) is 2.74. The summed E-state index contributed by atoms with van der Waals surface area (Å²) in [6, 6.07) is 7.67. The second-order valence-corrected chi connectivity index (χ2v) is 4.66. The second kappa shape index (κ2) is 5.57. The number of hydrogen-bond donors (Lipinski definition) is 0. The van der Waals surface area contributed by atoms with Gasteiger partial charge in [0.15, 0.2) is 0 Å². The maximum absolute atomic E-state index is 12.1. The third-order valence-corrected chi connectivity index (χ3v) is 3.19. The first-order chi connectivity index (χ1) is 9.15. The summed E-state index contributed by atoms with van der Waals surface area (Å²) in [5.41, 5.74) is 2.77. The van der Waals surface area contributed by atoms with Gasteiger partial charge >= 0.3 is 5.69 Å². The zero-order valence-corrected chi connectivity index (χ0v) is 11.3. The summed E-state index contributed by atoms with van der Waals surface area (Å²) in [6.45, 7) is 5.31. The van der Waals surface area contributed by atoms with E-state index in [0.717, 1.165) is 24.1 Å². The van der Waals surface area contributed by atoms with Gasteiger partial charge in [-0.05, 0) is 36.6 Å². The van der Waals surface area contributed by atoms with E-state index in [4.69, 9.17) is 5.26 Å². The molecule has 0 fully saturated rings. The van der Waals surface area contributed by atoms with Gasteiger partial charge in [0.1, 0.15) is 0 Å². The van der Waals surface area contributed by atoms with Crippen LogP contribution in [0, 0.1) is 18.3 Å². The summed E-state index contributed by atoms with van der Waals surface area (Å²) in [6.07, 6.45) is 4.58. The van der Waals surface area contributed by atoms with Gasteiger partial charge in [0.05, 0.1) is 18.2 Å². The zero-order chi connectivity index (χ0) is 13.8. The van der Waals surface area contributed by atoms with E-state index in [9.17, 15) is 4.79 Å². The predicted octanol–water partition coefficient (Wildman–Crippen LogP) is 2.29. The van der Waals surface area contributed by atoms with Crippen molar-refractivity contribution < 1.29 is 0 Å². The zero-order valence-electron chi connectivity index (χ0n) is 11.3. The predicted molar refractivity (Wildman–Crippen MR) is 74.0 cm³/mol. The van der Waals surface area contributed by atoms with Crippen molar-refractivity contribution >= 4 is 0 Å². The van der Waals surface area contributed by atoms with Crippen LogP contribution < -0.4 is 5.69 Å². The molecule has 1 heterocycles. The van der Waals surface area contributed by atoms with Crippen LogP contribution in [0.5, 0.6) is 0 Å². The number of imidazole rings is 1. The van der Waals surface area contributed by atoms with Crippen LogP contribution in [-0.4, -0.2) is 9.13 Å². The van der Waals surface area contributed by atoms with E-state index < -0.39 is 0 Å². The number of aromatic nitrogens is 2. The third-order valence-electron chi connectivity index (χ3n) is 3.19. The minimum Gasteiger partial charge on any atom is -0.299 e. The van der Waals surface area contributed by atoms with Crippen LogP contribution in [-0.2, 0) is 13.1 Å². The topological polar surface area (TPSA) is 50.7 Å². The molecule has 0 saturated heterocycles. The first-order valence-electron chi connectivity index (χ1n) is 6.41. The maximum Gasteiger partial charge on any atom is 0.328 e. The highest BCUT2D eigenvalue weighted by atomic mass is 16.1. The van der Waals surface area contributed by atoms with Crippen LogP contribution in [0.3, 0.4) is 0 Å². The van der Waals surface area contributed by atoms with Crippen LogP contribution in [0.25, 0.3) is 0 Å². The molecule has 0 aliphatic rings. The Labute approximate surface area is 112 Å². The largest absolute Gasteiger partial charge is 0.328 e. The van der Waals surface area contributed by atoms with E-state index in [2.05, 4.69) is 13.0 Å². The quantitative estimate of drug-likeness (QED) is 0.841. The Bertz CT molecular complexity index is 673. The number of nitriles is 1. The Morgan fingerprint density at radius 3 is 2.63 bits per heavy atom. The summed E-state index contributed by atoms with van der Waals surface area (Å²) in [5.74, 6) is 0. The van der Waals surface area contributed by atoms with Gasteiger partial charge in [0.25, 0.3) is 0 Å². The molecule has 4 heteroatoms. The Balaban J connectivity index is 2.27. The van der Waals surface area contributed by atoms with E-state index in [1.807, 2.05) is 31.5 Å². The molecule has 1 aromatic carbocycles. The van der Waals surface area contributed by atoms with Gasteiger partial charge in [0, 0.05) is 18.9 Å². The molecular weight excluding hydrogens is 238 g/mol. The van der Waals surface area contributed by atoms with Crippen molar-refractivity contribution in [3.8, 4) is 6.07 Å². The Kier molecular flexibility index (Phi) is 3.86. The Hall–Kier alpha value is -2.28. The van der Waals surface area contributed by atoms with Gasteiger partial charge in [-0.2, -0.15) is 5.26 Å². The SMILES string of the molecule is CCCn1ccn(Cc2ccc(C#N)cc2C)c1=O. The molecule has 0 bridgehead atoms. The summed E-state index contributed by atoms with van der Waals surface area (Å²) in [5, 5.41) is 8.84. The highest BCUT2D eigenvalue weighted by molar-refractivity contribution is 5.37. The lowest BCUT2D eigenvalue weighted by molar-refractivity contribution is 0.623. The smallest absolute Gasteiger partial charge is 0.299 e. The van der Waals surface area contributed by atoms with Crippen molar-refractivity contribution in [1.29, 1.82) is 5.26 Å². The van der Waals surface area contributed by atoms with Gasteiger partial charge in [-0.25, -0.2) is 4.79 Å². The maximum atomic E-state index is 12.1. The fourth-order valence-electron chi connectivity index (χ4n) is 2.11. The van der Waals surface area contributed by atoms with Gasteiger partial charge in [-0.15, -0.1) is 0 Å². The van der Waals surface area contributed by atoms with Crippen molar-refractivity contribution in [2.24, 2.45) is 0 Å². The summed E-state index contributed by atoms with van der Waals surface area (Å²) in [7, 11) is 0. The van der Waals surface area contributed by atoms with Crippen molar-refractivity contribution in [2.45, 2.75) is 33.4 Å². The lowest BCUT2D eigenvalue weighted by atomic mass is 10.1. The van der Waals surface area contributed by atoms with Gasteiger partial charge in [-0.1, -0.05) is 13.0 Å². The minimum atomic E-state index is 0.0191. The van der Waals surface area contributed by atoms with Crippen molar-refractivity contribution in [2.75, 3.05) is 0 Å². The first-order valence-corrected chi connectivity index (χ1v) is 6.41. The minimum absolute atomic E-state index is 0.0191. The third kappa shape index (κ3) is 2.76. The van der Waals surface area contributed by atoms with Crippen LogP contribution in [0.4, 0.5) is 0 Å². The van der Waals surface area contributed by atoms with Crippen molar-refractivity contribution in [3.63, 3.8) is 0 Å². The molecule has 0 aliphatic carbocycles. The number of rotatable bonds is 4. The summed E-state index contributed by atoms with van der Waals surface area (Å²) >= 11 is 0. The molecule has 0 atom stereocenters. The van der Waals surface area contributed by atoms with Crippen molar-refractivity contribution in [3.05, 3.63) is 57.8 Å². The number of hydrogen-bond acceptors (Lipinski definition) is 2. The molecule has 0 spiro atoms. The first kappa shape index (κ1) is 13.2. The summed E-state index contributed by atoms with van der Waals surface area (Å²) < 4.78 is 3.42. The molecule has 0 N–H and O–H groups in total. The van der Waals surface area contributed by atoms with E-state index in [0.29, 0.717) is 12.1 Å². The van der Waals surface area contributed by atoms with E-state index >= 15 is 0 Å². The lowest BCUT2D eigenvalue weighted by Crippen LogP contribution is -2.24. The molecular formula is C15H17N3O. The molecule has 2 aromatic rings. The second-order valence-electron chi connectivity index (χ2n) is 4.66. The standard InChI is InChI=1S/C15H17N3O/c1-3-6-17-7-8-18(15(17)19)11-14-5-4-13(10-16)9-12(14)2/h4-5,7-9H,3,6,11H2,1-2H3. The molecule has 19 heavy (non-hydrogen) atoms. The molecule has 4 nitrogen and oxygen atoms in total. The van der Waals surface area contributed by atoms with Crippen LogP contribution in [0.2, 0.25) is 0 Å².